The number of nitrogens with zero attached hydrogens (tertiary/aromatic N) is 4. The number of carbonyl (C=O) groups is 1. The second kappa shape index (κ2) is 9.64. The first kappa shape index (κ1) is 21.8. The number of nitrogens with one attached hydrogen (secondary N) is 1. The van der Waals surface area contributed by atoms with E-state index in [1.807, 2.05) is 14.0 Å². The highest BCUT2D eigenvalue weighted by Crippen LogP contribution is 2.28. The van der Waals surface area contributed by atoms with Crippen LogP contribution in [0.5, 0.6) is 0 Å². The molecule has 1 aromatic carbocycles. The van der Waals surface area contributed by atoms with Gasteiger partial charge in [0.1, 0.15) is 5.15 Å². The van der Waals surface area contributed by atoms with Crippen LogP contribution in [0.15, 0.2) is 18.2 Å². The summed E-state index contributed by atoms with van der Waals surface area (Å²) in [5.74, 6) is 0. The number of likely N-dealkylation sites (N-methyl/N-ethyl adjacent to an activating group) is 1. The van der Waals surface area contributed by atoms with Crippen molar-refractivity contribution in [3.05, 3.63) is 50.2 Å². The molecule has 0 saturated heterocycles. The van der Waals surface area contributed by atoms with Gasteiger partial charge in [0.25, 0.3) is 0 Å². The van der Waals surface area contributed by atoms with E-state index in [0.717, 1.165) is 16.8 Å². The minimum atomic E-state index is -0.109. The lowest BCUT2D eigenvalue weighted by molar-refractivity contribution is 0.215. The zero-order chi connectivity index (χ0) is 20.1. The number of hydrogen-bond donors (Lipinski definition) is 1. The molecule has 0 radical (unpaired) electrons. The molecule has 9 heteroatoms. The molecule has 1 heterocycles. The van der Waals surface area contributed by atoms with Gasteiger partial charge >= 0.3 is 6.03 Å². The fraction of sp³-hybridized carbons (Fsp3) is 0.444. The normalized spacial score (nSPS) is 11.1. The molecular weight excluding hydrogens is 409 g/mol. The maximum atomic E-state index is 11.6. The van der Waals surface area contributed by atoms with Crippen molar-refractivity contribution >= 4 is 40.8 Å². The van der Waals surface area contributed by atoms with Crippen LogP contribution < -0.4 is 5.32 Å². The minimum Gasteiger partial charge on any atom is -0.337 e. The highest BCUT2D eigenvalue weighted by Gasteiger charge is 2.17. The number of rotatable bonds is 7. The first-order chi connectivity index (χ1) is 12.7. The molecule has 2 amide bonds. The van der Waals surface area contributed by atoms with Crippen LogP contribution in [0.2, 0.25) is 15.2 Å². The number of hydrogen-bond acceptors (Lipinski definition) is 3. The van der Waals surface area contributed by atoms with Crippen molar-refractivity contribution in [1.82, 2.24) is 24.9 Å². The Morgan fingerprint density at radius 2 is 1.78 bits per heavy atom. The molecule has 0 aliphatic carbocycles. The molecule has 0 unspecified atom stereocenters. The van der Waals surface area contributed by atoms with Crippen molar-refractivity contribution in [2.45, 2.75) is 20.0 Å². The Morgan fingerprint density at radius 3 is 2.37 bits per heavy atom. The molecule has 0 fully saturated rings. The van der Waals surface area contributed by atoms with E-state index in [0.29, 0.717) is 41.4 Å². The van der Waals surface area contributed by atoms with Gasteiger partial charge in [0.2, 0.25) is 0 Å². The Labute approximate surface area is 175 Å². The summed E-state index contributed by atoms with van der Waals surface area (Å²) in [6, 6.07) is 5.29. The lowest BCUT2D eigenvalue weighted by atomic mass is 10.2. The fourth-order valence-electron chi connectivity index (χ4n) is 2.57. The van der Waals surface area contributed by atoms with E-state index in [1.165, 1.54) is 4.90 Å². The van der Waals surface area contributed by atoms with E-state index in [4.69, 9.17) is 34.8 Å². The van der Waals surface area contributed by atoms with Crippen molar-refractivity contribution in [2.75, 3.05) is 34.2 Å². The van der Waals surface area contributed by atoms with Gasteiger partial charge in [-0.3, -0.25) is 0 Å². The number of amides is 2. The molecule has 1 N–H and O–H groups in total. The van der Waals surface area contributed by atoms with Gasteiger partial charge in [-0.15, -0.1) is 0 Å². The van der Waals surface area contributed by atoms with Crippen LogP contribution in [-0.4, -0.2) is 59.8 Å². The number of benzene rings is 1. The molecule has 0 bridgehead atoms. The highest BCUT2D eigenvalue weighted by molar-refractivity contribution is 6.36. The largest absolute Gasteiger partial charge is 0.337 e. The van der Waals surface area contributed by atoms with Gasteiger partial charge in [0.15, 0.2) is 0 Å². The Hall–Kier alpha value is -1.47. The van der Waals surface area contributed by atoms with E-state index in [9.17, 15) is 4.79 Å². The molecule has 6 nitrogen and oxygen atoms in total. The molecule has 2 rings (SSSR count). The average Bonchev–Trinajstić information content (AvgIpc) is 2.85. The average molecular weight is 433 g/mol. The minimum absolute atomic E-state index is 0.109. The summed E-state index contributed by atoms with van der Waals surface area (Å²) in [6.45, 7) is 4.19. The molecule has 27 heavy (non-hydrogen) atoms. The van der Waals surface area contributed by atoms with Crippen LogP contribution in [-0.2, 0) is 13.1 Å². The number of urea groups is 1. The maximum Gasteiger partial charge on any atom is 0.316 e. The fourth-order valence-corrected chi connectivity index (χ4v) is 3.38. The monoisotopic (exact) mass is 431 g/mol. The summed E-state index contributed by atoms with van der Waals surface area (Å²) in [4.78, 5) is 15.1. The number of halogens is 3. The second-order valence-electron chi connectivity index (χ2n) is 6.58. The quantitative estimate of drug-likeness (QED) is 0.722. The molecule has 1 aromatic heterocycles. The van der Waals surface area contributed by atoms with Crippen molar-refractivity contribution in [2.24, 2.45) is 0 Å². The topological polar surface area (TPSA) is 53.4 Å². The van der Waals surface area contributed by atoms with Crippen molar-refractivity contribution < 1.29 is 4.79 Å². The summed E-state index contributed by atoms with van der Waals surface area (Å²) in [5.41, 5.74) is 2.59. The number of aromatic nitrogens is 2. The van der Waals surface area contributed by atoms with Gasteiger partial charge in [-0.2, -0.15) is 5.10 Å². The maximum absolute atomic E-state index is 11.6. The van der Waals surface area contributed by atoms with Crippen LogP contribution in [0, 0.1) is 6.92 Å². The third-order valence-electron chi connectivity index (χ3n) is 4.16. The standard InChI is InChI=1S/C18H24Cl3N5O/c1-12-13(10-25(4)9-8-22-18(27)24(2)3)17(21)26(23-12)11-14-15(19)6-5-7-16(14)20/h5-7H,8-11H2,1-4H3,(H,22,27). The van der Waals surface area contributed by atoms with Crippen LogP contribution in [0.1, 0.15) is 16.8 Å². The van der Waals surface area contributed by atoms with Crippen molar-refractivity contribution in [1.29, 1.82) is 0 Å². The predicted octanol–water partition coefficient (Wildman–Crippen LogP) is 3.90. The van der Waals surface area contributed by atoms with Crippen LogP contribution in [0.25, 0.3) is 0 Å². The number of carbonyl (C=O) groups excluding carboxylic acids is 1. The molecular formula is C18H24Cl3N5O. The summed E-state index contributed by atoms with van der Waals surface area (Å²) >= 11 is 19.1. The zero-order valence-electron chi connectivity index (χ0n) is 15.9. The first-order valence-corrected chi connectivity index (χ1v) is 9.62. The van der Waals surface area contributed by atoms with Gasteiger partial charge in [0.05, 0.1) is 12.2 Å². The predicted molar refractivity (Wildman–Crippen MR) is 111 cm³/mol. The summed E-state index contributed by atoms with van der Waals surface area (Å²) in [6.07, 6.45) is 0. The third-order valence-corrected chi connectivity index (χ3v) is 5.29. The molecule has 0 aliphatic rings. The smallest absolute Gasteiger partial charge is 0.316 e. The van der Waals surface area contributed by atoms with Gasteiger partial charge in [-0.05, 0) is 26.1 Å². The van der Waals surface area contributed by atoms with Crippen LogP contribution >= 0.6 is 34.8 Å². The summed E-state index contributed by atoms with van der Waals surface area (Å²) in [7, 11) is 5.39. The van der Waals surface area contributed by atoms with E-state index >= 15 is 0 Å². The molecule has 148 valence electrons. The molecule has 0 spiro atoms. The van der Waals surface area contributed by atoms with E-state index in [-0.39, 0.29) is 6.03 Å². The Balaban J connectivity index is 2.04. The van der Waals surface area contributed by atoms with E-state index < -0.39 is 0 Å². The Bertz CT molecular complexity index is 786. The Kier molecular flexibility index (Phi) is 7.79. The van der Waals surface area contributed by atoms with E-state index in [2.05, 4.69) is 15.3 Å². The van der Waals surface area contributed by atoms with Crippen molar-refractivity contribution in [3.63, 3.8) is 0 Å². The van der Waals surface area contributed by atoms with Crippen LogP contribution in [0.3, 0.4) is 0 Å². The lowest BCUT2D eigenvalue weighted by Gasteiger charge is -2.18. The van der Waals surface area contributed by atoms with Gasteiger partial charge < -0.3 is 15.1 Å². The molecule has 0 aliphatic heterocycles. The second-order valence-corrected chi connectivity index (χ2v) is 7.75. The van der Waals surface area contributed by atoms with Gasteiger partial charge in [-0.1, -0.05) is 40.9 Å². The Morgan fingerprint density at radius 1 is 1.15 bits per heavy atom. The third kappa shape index (κ3) is 5.75. The zero-order valence-corrected chi connectivity index (χ0v) is 18.2. The molecule has 0 saturated carbocycles. The molecule has 0 atom stereocenters. The molecule has 2 aromatic rings. The first-order valence-electron chi connectivity index (χ1n) is 8.49. The van der Waals surface area contributed by atoms with Gasteiger partial charge in [0, 0.05) is 54.9 Å². The van der Waals surface area contributed by atoms with Gasteiger partial charge in [-0.25, -0.2) is 9.48 Å². The van der Waals surface area contributed by atoms with Crippen LogP contribution in [0.4, 0.5) is 4.79 Å². The summed E-state index contributed by atoms with van der Waals surface area (Å²) in [5, 5.41) is 9.11. The SMILES string of the molecule is Cc1nn(Cc2c(Cl)cccc2Cl)c(Cl)c1CN(C)CCNC(=O)N(C)C. The highest BCUT2D eigenvalue weighted by atomic mass is 35.5. The lowest BCUT2D eigenvalue weighted by Crippen LogP contribution is -2.38. The number of aryl methyl sites for hydroxylation is 1. The van der Waals surface area contributed by atoms with E-state index in [1.54, 1.807) is 37.0 Å². The van der Waals surface area contributed by atoms with Crippen molar-refractivity contribution in [3.8, 4) is 0 Å². The summed E-state index contributed by atoms with van der Waals surface area (Å²) < 4.78 is 1.71.